The van der Waals surface area contributed by atoms with Gasteiger partial charge in [-0.1, -0.05) is 0 Å². The van der Waals surface area contributed by atoms with Gasteiger partial charge in [0.15, 0.2) is 0 Å². The van der Waals surface area contributed by atoms with Crippen LogP contribution < -0.4 is 0 Å². The Morgan fingerprint density at radius 1 is 1.40 bits per heavy atom. The van der Waals surface area contributed by atoms with Crippen molar-refractivity contribution in [3.05, 3.63) is 16.5 Å². The predicted molar refractivity (Wildman–Crippen MR) is 74.6 cm³/mol. The molecule has 0 unspecified atom stereocenters. The summed E-state index contributed by atoms with van der Waals surface area (Å²) in [6.45, 7) is 3.76. The summed E-state index contributed by atoms with van der Waals surface area (Å²) < 4.78 is 26.3. The molecule has 20 heavy (non-hydrogen) atoms. The number of thiophene rings is 1. The Morgan fingerprint density at radius 3 is 2.40 bits per heavy atom. The zero-order valence-corrected chi connectivity index (χ0v) is 12.9. The van der Waals surface area contributed by atoms with Gasteiger partial charge < -0.3 is 10.2 Å². The number of rotatable bonds is 3. The molecule has 0 saturated carbocycles. The minimum Gasteiger partial charge on any atom is -0.477 e. The average Bonchev–Trinajstić information content (AvgIpc) is 2.71. The fourth-order valence-electron chi connectivity index (χ4n) is 2.13. The highest BCUT2D eigenvalue weighted by atomic mass is 32.2. The Kier molecular flexibility index (Phi) is 3.94. The monoisotopic (exact) mass is 319 g/mol. The third kappa shape index (κ3) is 2.88. The van der Waals surface area contributed by atoms with Gasteiger partial charge in [0, 0.05) is 13.1 Å². The molecule has 0 radical (unpaired) electrons. The molecule has 1 aromatic heterocycles. The Bertz CT molecular complexity index is 622. The van der Waals surface area contributed by atoms with Crippen LogP contribution in [-0.2, 0) is 10.0 Å². The third-order valence-corrected chi connectivity index (χ3v) is 7.06. The Balaban J connectivity index is 2.27. The maximum absolute atomic E-state index is 12.4. The van der Waals surface area contributed by atoms with E-state index in [2.05, 4.69) is 0 Å². The fourth-order valence-corrected chi connectivity index (χ4v) is 5.10. The van der Waals surface area contributed by atoms with E-state index in [1.165, 1.54) is 10.4 Å². The molecule has 0 aliphatic carbocycles. The molecule has 1 fully saturated rings. The van der Waals surface area contributed by atoms with Crippen molar-refractivity contribution in [2.45, 2.75) is 36.5 Å². The minimum atomic E-state index is -3.67. The van der Waals surface area contributed by atoms with E-state index in [0.717, 1.165) is 11.3 Å². The Labute approximate surface area is 121 Å². The van der Waals surface area contributed by atoms with Crippen LogP contribution in [0.1, 0.15) is 35.0 Å². The molecular formula is C12H17NO5S2. The van der Waals surface area contributed by atoms with Gasteiger partial charge in [0.1, 0.15) is 9.09 Å². The first kappa shape index (κ1) is 15.4. The van der Waals surface area contributed by atoms with E-state index in [4.69, 9.17) is 5.11 Å². The van der Waals surface area contributed by atoms with Gasteiger partial charge in [-0.25, -0.2) is 13.2 Å². The maximum atomic E-state index is 12.4. The molecular weight excluding hydrogens is 302 g/mol. The number of carbonyl (C=O) groups is 1. The molecule has 0 spiro atoms. The van der Waals surface area contributed by atoms with Gasteiger partial charge in [-0.05, 0) is 38.3 Å². The lowest BCUT2D eigenvalue weighted by Gasteiger charge is -2.34. The first-order valence-corrected chi connectivity index (χ1v) is 8.45. The van der Waals surface area contributed by atoms with Crippen LogP contribution in [0.4, 0.5) is 0 Å². The van der Waals surface area contributed by atoms with E-state index in [0.29, 0.717) is 18.4 Å². The van der Waals surface area contributed by atoms with Crippen LogP contribution in [0, 0.1) is 6.92 Å². The largest absolute Gasteiger partial charge is 0.477 e. The van der Waals surface area contributed by atoms with E-state index in [-0.39, 0.29) is 22.2 Å². The van der Waals surface area contributed by atoms with Crippen LogP contribution >= 0.6 is 11.3 Å². The van der Waals surface area contributed by atoms with Gasteiger partial charge in [-0.2, -0.15) is 4.31 Å². The van der Waals surface area contributed by atoms with Gasteiger partial charge in [0.2, 0.25) is 0 Å². The molecule has 1 saturated heterocycles. The molecule has 1 aromatic rings. The van der Waals surface area contributed by atoms with Crippen LogP contribution in [0.5, 0.6) is 0 Å². The van der Waals surface area contributed by atoms with Crippen LogP contribution in [0.15, 0.2) is 10.3 Å². The quantitative estimate of drug-likeness (QED) is 0.875. The number of sulfonamides is 1. The summed E-state index contributed by atoms with van der Waals surface area (Å²) in [6.07, 6.45) is 0.755. The van der Waals surface area contributed by atoms with Crippen molar-refractivity contribution in [1.82, 2.24) is 4.31 Å². The zero-order chi connectivity index (χ0) is 15.1. The standard InChI is InChI=1S/C12H17NO5S2/c1-8-7-9(19-10(8)11(14)15)20(17,18)13-5-3-12(2,16)4-6-13/h7,16H,3-6H2,1-2H3,(H,14,15). The highest BCUT2D eigenvalue weighted by molar-refractivity contribution is 7.91. The van der Waals surface area contributed by atoms with Crippen molar-refractivity contribution in [3.8, 4) is 0 Å². The summed E-state index contributed by atoms with van der Waals surface area (Å²) in [5, 5.41) is 18.8. The number of hydrogen-bond donors (Lipinski definition) is 2. The van der Waals surface area contributed by atoms with Crippen molar-refractivity contribution in [2.24, 2.45) is 0 Å². The van der Waals surface area contributed by atoms with Gasteiger partial charge in [-0.15, -0.1) is 11.3 Å². The van der Waals surface area contributed by atoms with Gasteiger partial charge >= 0.3 is 5.97 Å². The molecule has 1 aliphatic heterocycles. The molecule has 2 N–H and O–H groups in total. The van der Waals surface area contributed by atoms with Gasteiger partial charge in [0.05, 0.1) is 5.60 Å². The van der Waals surface area contributed by atoms with E-state index in [1.54, 1.807) is 13.8 Å². The SMILES string of the molecule is Cc1cc(S(=O)(=O)N2CCC(C)(O)CC2)sc1C(=O)O. The molecule has 1 aliphatic rings. The summed E-state index contributed by atoms with van der Waals surface area (Å²) in [7, 11) is -3.67. The summed E-state index contributed by atoms with van der Waals surface area (Å²) in [4.78, 5) is 11.0. The van der Waals surface area contributed by atoms with Crippen LogP contribution in [0.25, 0.3) is 0 Å². The average molecular weight is 319 g/mol. The number of piperidine rings is 1. The first-order chi connectivity index (χ1) is 9.13. The predicted octanol–water partition coefficient (Wildman–Crippen LogP) is 1.29. The number of hydrogen-bond acceptors (Lipinski definition) is 5. The molecule has 0 atom stereocenters. The molecule has 2 heterocycles. The normalized spacial score (nSPS) is 19.9. The number of aromatic carboxylic acids is 1. The number of nitrogens with zero attached hydrogens (tertiary/aromatic N) is 1. The highest BCUT2D eigenvalue weighted by Gasteiger charge is 2.35. The lowest BCUT2D eigenvalue weighted by molar-refractivity contribution is 0.0126. The molecule has 0 bridgehead atoms. The summed E-state index contributed by atoms with van der Waals surface area (Å²) in [5.41, 5.74) is -0.381. The zero-order valence-electron chi connectivity index (χ0n) is 11.3. The van der Waals surface area contributed by atoms with Gasteiger partial charge in [0.25, 0.3) is 10.0 Å². The number of aryl methyl sites for hydroxylation is 1. The van der Waals surface area contributed by atoms with E-state index < -0.39 is 21.6 Å². The second-order valence-electron chi connectivity index (χ2n) is 5.28. The second-order valence-corrected chi connectivity index (χ2v) is 8.50. The van der Waals surface area contributed by atoms with E-state index in [9.17, 15) is 18.3 Å². The maximum Gasteiger partial charge on any atom is 0.346 e. The lowest BCUT2D eigenvalue weighted by atomic mass is 9.95. The van der Waals surface area contributed by atoms with E-state index in [1.807, 2.05) is 0 Å². The number of aliphatic hydroxyl groups is 1. The topological polar surface area (TPSA) is 94.9 Å². The smallest absolute Gasteiger partial charge is 0.346 e. The second kappa shape index (κ2) is 5.10. The Morgan fingerprint density at radius 2 is 1.95 bits per heavy atom. The summed E-state index contributed by atoms with van der Waals surface area (Å²) in [6, 6.07) is 1.40. The van der Waals surface area contributed by atoms with E-state index >= 15 is 0 Å². The fraction of sp³-hybridized carbons (Fsp3) is 0.583. The Hall–Kier alpha value is -0.960. The molecule has 8 heteroatoms. The van der Waals surface area contributed by atoms with Gasteiger partial charge in [-0.3, -0.25) is 0 Å². The molecule has 0 aromatic carbocycles. The van der Waals surface area contributed by atoms with Crippen molar-refractivity contribution in [2.75, 3.05) is 13.1 Å². The first-order valence-electron chi connectivity index (χ1n) is 6.20. The third-order valence-electron chi connectivity index (χ3n) is 3.48. The van der Waals surface area contributed by atoms with Crippen molar-refractivity contribution < 1.29 is 23.4 Å². The van der Waals surface area contributed by atoms with Crippen LogP contribution in [-0.4, -0.2) is 47.6 Å². The molecule has 0 amide bonds. The summed E-state index contributed by atoms with van der Waals surface area (Å²) in [5.74, 6) is -1.12. The van der Waals surface area contributed by atoms with Crippen LogP contribution in [0.3, 0.4) is 0 Å². The summed E-state index contributed by atoms with van der Waals surface area (Å²) >= 11 is 0.776. The highest BCUT2D eigenvalue weighted by Crippen LogP contribution is 2.31. The minimum absolute atomic E-state index is 0.0487. The lowest BCUT2D eigenvalue weighted by Crippen LogP contribution is -2.44. The molecule has 6 nitrogen and oxygen atoms in total. The van der Waals surface area contributed by atoms with Crippen molar-refractivity contribution in [1.29, 1.82) is 0 Å². The molecule has 2 rings (SSSR count). The number of carboxylic acid groups (broad SMARTS) is 1. The van der Waals surface area contributed by atoms with Crippen LogP contribution in [0.2, 0.25) is 0 Å². The number of carboxylic acids is 1. The van der Waals surface area contributed by atoms with Crippen molar-refractivity contribution in [3.63, 3.8) is 0 Å². The molecule has 112 valence electrons. The van der Waals surface area contributed by atoms with Crippen molar-refractivity contribution >= 4 is 27.3 Å².